The SMILES string of the molecule is Cn1c(=O)[nH]c(=O)c2c1nc(N1CCN(CC=Cc3ccccc3)CC1)n2Cc1ccccc1Cl. The maximum Gasteiger partial charge on any atom is 0.329 e. The number of rotatable bonds is 6. The van der Waals surface area contributed by atoms with Gasteiger partial charge in [-0.1, -0.05) is 72.3 Å². The number of aromatic nitrogens is 4. The Labute approximate surface area is 207 Å². The van der Waals surface area contributed by atoms with Gasteiger partial charge < -0.3 is 4.90 Å². The molecule has 1 fully saturated rings. The average Bonchev–Trinajstić information content (AvgIpc) is 3.25. The molecule has 1 aliphatic rings. The normalized spacial score (nSPS) is 14.9. The number of benzene rings is 2. The first-order valence-electron chi connectivity index (χ1n) is 11.6. The predicted octanol–water partition coefficient (Wildman–Crippen LogP) is 2.96. The number of halogens is 1. The molecular weight excluding hydrogens is 464 g/mol. The summed E-state index contributed by atoms with van der Waals surface area (Å²) in [6.07, 6.45) is 4.33. The highest BCUT2D eigenvalue weighted by molar-refractivity contribution is 6.31. The van der Waals surface area contributed by atoms with Crippen LogP contribution in [0.2, 0.25) is 5.02 Å². The van der Waals surface area contributed by atoms with E-state index in [4.69, 9.17) is 16.6 Å². The van der Waals surface area contributed by atoms with Crippen molar-refractivity contribution in [2.75, 3.05) is 37.6 Å². The lowest BCUT2D eigenvalue weighted by molar-refractivity contribution is 0.282. The molecule has 0 atom stereocenters. The van der Waals surface area contributed by atoms with Crippen LogP contribution < -0.4 is 16.1 Å². The molecule has 2 aromatic heterocycles. The molecule has 5 rings (SSSR count). The molecule has 0 unspecified atom stereocenters. The number of hydrogen-bond donors (Lipinski definition) is 1. The zero-order valence-electron chi connectivity index (χ0n) is 19.5. The third-order valence-corrected chi connectivity index (χ3v) is 6.77. The Bertz CT molecular complexity index is 1480. The second kappa shape index (κ2) is 9.93. The highest BCUT2D eigenvalue weighted by Crippen LogP contribution is 2.25. The van der Waals surface area contributed by atoms with Crippen molar-refractivity contribution in [2.45, 2.75) is 6.54 Å². The number of nitrogens with zero attached hydrogens (tertiary/aromatic N) is 5. The second-order valence-electron chi connectivity index (χ2n) is 8.68. The first-order valence-corrected chi connectivity index (χ1v) is 12.0. The molecule has 1 saturated heterocycles. The topological polar surface area (TPSA) is 79.2 Å². The van der Waals surface area contributed by atoms with Crippen molar-refractivity contribution in [1.29, 1.82) is 0 Å². The Hall–Kier alpha value is -3.62. The van der Waals surface area contributed by atoms with Crippen LogP contribution in [0.5, 0.6) is 0 Å². The molecule has 180 valence electrons. The zero-order valence-corrected chi connectivity index (χ0v) is 20.3. The van der Waals surface area contributed by atoms with Crippen molar-refractivity contribution < 1.29 is 0 Å². The van der Waals surface area contributed by atoms with Crippen molar-refractivity contribution in [3.8, 4) is 0 Å². The molecule has 0 bridgehead atoms. The number of H-pyrrole nitrogens is 1. The average molecular weight is 491 g/mol. The Balaban J connectivity index is 1.41. The summed E-state index contributed by atoms with van der Waals surface area (Å²) in [4.78, 5) is 36.8. The van der Waals surface area contributed by atoms with Crippen LogP contribution in [-0.2, 0) is 13.6 Å². The predicted molar refractivity (Wildman–Crippen MR) is 140 cm³/mol. The number of aromatic amines is 1. The Kier molecular flexibility index (Phi) is 6.57. The number of hydrogen-bond acceptors (Lipinski definition) is 5. The van der Waals surface area contributed by atoms with Crippen LogP contribution in [0.3, 0.4) is 0 Å². The van der Waals surface area contributed by atoms with E-state index in [1.165, 1.54) is 10.1 Å². The summed E-state index contributed by atoms with van der Waals surface area (Å²) >= 11 is 6.44. The van der Waals surface area contributed by atoms with E-state index in [1.807, 2.05) is 47.0 Å². The van der Waals surface area contributed by atoms with Gasteiger partial charge in [-0.05, 0) is 17.2 Å². The standard InChI is InChI=1S/C26H27ClN6O2/c1-30-23-22(24(34)29-26(30)35)33(18-20-11-5-6-12-21(20)27)25(28-23)32-16-14-31(15-17-32)13-7-10-19-8-3-2-4-9-19/h2-12H,13-18H2,1H3,(H,29,34,35). The number of piperazine rings is 1. The van der Waals surface area contributed by atoms with E-state index in [0.29, 0.717) is 28.7 Å². The number of nitrogens with one attached hydrogen (secondary N) is 1. The summed E-state index contributed by atoms with van der Waals surface area (Å²) in [5.74, 6) is 0.672. The summed E-state index contributed by atoms with van der Waals surface area (Å²) in [7, 11) is 1.62. The van der Waals surface area contributed by atoms with E-state index in [0.717, 1.165) is 38.3 Å². The number of anilines is 1. The largest absolute Gasteiger partial charge is 0.340 e. The minimum Gasteiger partial charge on any atom is -0.340 e. The maximum atomic E-state index is 12.8. The minimum atomic E-state index is -0.480. The summed E-state index contributed by atoms with van der Waals surface area (Å²) in [6, 6.07) is 17.8. The van der Waals surface area contributed by atoms with Crippen molar-refractivity contribution in [3.05, 3.63) is 97.7 Å². The third-order valence-electron chi connectivity index (χ3n) is 6.40. The van der Waals surface area contributed by atoms with Crippen LogP contribution >= 0.6 is 11.6 Å². The van der Waals surface area contributed by atoms with Gasteiger partial charge in [0.2, 0.25) is 5.95 Å². The Morgan fingerprint density at radius 3 is 2.46 bits per heavy atom. The number of imidazole rings is 1. The minimum absolute atomic E-state index is 0.369. The summed E-state index contributed by atoms with van der Waals surface area (Å²) in [5.41, 5.74) is 1.89. The van der Waals surface area contributed by atoms with Gasteiger partial charge >= 0.3 is 5.69 Å². The van der Waals surface area contributed by atoms with Crippen molar-refractivity contribution >= 4 is 34.8 Å². The molecule has 0 aliphatic carbocycles. The summed E-state index contributed by atoms with van der Waals surface area (Å²) < 4.78 is 3.26. The highest BCUT2D eigenvalue weighted by Gasteiger charge is 2.25. The smallest absolute Gasteiger partial charge is 0.329 e. The van der Waals surface area contributed by atoms with Crippen LogP contribution in [0.25, 0.3) is 17.2 Å². The van der Waals surface area contributed by atoms with Gasteiger partial charge in [0.25, 0.3) is 5.56 Å². The van der Waals surface area contributed by atoms with Gasteiger partial charge in [-0.2, -0.15) is 4.98 Å². The van der Waals surface area contributed by atoms with Crippen LogP contribution in [-0.4, -0.2) is 56.7 Å². The molecular formula is C26H27ClN6O2. The molecule has 0 spiro atoms. The lowest BCUT2D eigenvalue weighted by Gasteiger charge is -2.35. The molecule has 35 heavy (non-hydrogen) atoms. The maximum absolute atomic E-state index is 12.8. The molecule has 9 heteroatoms. The Morgan fingerprint density at radius 2 is 1.71 bits per heavy atom. The number of aryl methyl sites for hydroxylation is 1. The molecule has 2 aromatic carbocycles. The Morgan fingerprint density at radius 1 is 1.00 bits per heavy atom. The first kappa shape index (κ1) is 23.1. The van der Waals surface area contributed by atoms with E-state index in [1.54, 1.807) is 7.05 Å². The fourth-order valence-electron chi connectivity index (χ4n) is 4.44. The molecule has 0 saturated carbocycles. The van der Waals surface area contributed by atoms with Gasteiger partial charge in [-0.15, -0.1) is 0 Å². The van der Waals surface area contributed by atoms with Crippen LogP contribution in [0.1, 0.15) is 11.1 Å². The fraction of sp³-hybridized carbons (Fsp3) is 0.269. The van der Waals surface area contributed by atoms with E-state index in [2.05, 4.69) is 39.1 Å². The lowest BCUT2D eigenvalue weighted by atomic mass is 10.2. The molecule has 3 heterocycles. The molecule has 1 N–H and O–H groups in total. The lowest BCUT2D eigenvalue weighted by Crippen LogP contribution is -2.47. The monoisotopic (exact) mass is 490 g/mol. The highest BCUT2D eigenvalue weighted by atomic mass is 35.5. The van der Waals surface area contributed by atoms with E-state index >= 15 is 0 Å². The zero-order chi connectivity index (χ0) is 24.4. The quantitative estimate of drug-likeness (QED) is 0.449. The van der Waals surface area contributed by atoms with Crippen LogP contribution in [0.4, 0.5) is 5.95 Å². The van der Waals surface area contributed by atoms with Crippen LogP contribution in [0, 0.1) is 0 Å². The first-order chi connectivity index (χ1) is 17.0. The van der Waals surface area contributed by atoms with Gasteiger partial charge in [-0.3, -0.25) is 23.8 Å². The molecule has 1 aliphatic heterocycles. The van der Waals surface area contributed by atoms with Crippen molar-refractivity contribution in [1.82, 2.24) is 24.0 Å². The van der Waals surface area contributed by atoms with E-state index in [9.17, 15) is 9.59 Å². The second-order valence-corrected chi connectivity index (χ2v) is 9.09. The van der Waals surface area contributed by atoms with E-state index < -0.39 is 11.2 Å². The van der Waals surface area contributed by atoms with Gasteiger partial charge in [0.15, 0.2) is 11.2 Å². The molecule has 0 radical (unpaired) electrons. The fourth-order valence-corrected chi connectivity index (χ4v) is 4.64. The van der Waals surface area contributed by atoms with Gasteiger partial charge in [-0.25, -0.2) is 4.79 Å². The number of fused-ring (bicyclic) bond motifs is 1. The van der Waals surface area contributed by atoms with Gasteiger partial charge in [0, 0.05) is 44.8 Å². The molecule has 4 aromatic rings. The van der Waals surface area contributed by atoms with Crippen LogP contribution in [0.15, 0.2) is 70.3 Å². The molecule has 8 nitrogen and oxygen atoms in total. The summed E-state index contributed by atoms with van der Waals surface area (Å²) in [6.45, 7) is 4.50. The summed E-state index contributed by atoms with van der Waals surface area (Å²) in [5, 5.41) is 0.622. The van der Waals surface area contributed by atoms with Gasteiger partial charge in [0.1, 0.15) is 0 Å². The van der Waals surface area contributed by atoms with Crippen molar-refractivity contribution in [3.63, 3.8) is 0 Å². The molecule has 0 amide bonds. The van der Waals surface area contributed by atoms with Gasteiger partial charge in [0.05, 0.1) is 6.54 Å². The van der Waals surface area contributed by atoms with E-state index in [-0.39, 0.29) is 0 Å². The van der Waals surface area contributed by atoms with Crippen molar-refractivity contribution in [2.24, 2.45) is 7.05 Å². The third kappa shape index (κ3) is 4.80.